The molecule has 0 heterocycles. The standard InChI is InChI=1S/C17H30/c1-2-6-14(7-3-1)16-10-12-17(13-11-16)15-8-4-5-9-15/h14-17H,1-13H2. The molecule has 3 aliphatic carbocycles. The summed E-state index contributed by atoms with van der Waals surface area (Å²) < 4.78 is 0. The van der Waals surface area contributed by atoms with Gasteiger partial charge in [0.05, 0.1) is 0 Å². The topological polar surface area (TPSA) is 0 Å². The average molecular weight is 234 g/mol. The van der Waals surface area contributed by atoms with E-state index in [1.165, 1.54) is 32.1 Å². The van der Waals surface area contributed by atoms with Crippen molar-refractivity contribution in [2.75, 3.05) is 0 Å². The average Bonchev–Trinajstić information content (AvgIpc) is 2.94. The van der Waals surface area contributed by atoms with E-state index in [4.69, 9.17) is 0 Å². The molecule has 3 fully saturated rings. The Bertz CT molecular complexity index is 212. The van der Waals surface area contributed by atoms with Crippen molar-refractivity contribution in [2.45, 2.75) is 83.5 Å². The molecule has 0 amide bonds. The molecular weight excluding hydrogens is 204 g/mol. The van der Waals surface area contributed by atoms with Crippen LogP contribution in [0, 0.1) is 23.7 Å². The van der Waals surface area contributed by atoms with Crippen LogP contribution in [0.5, 0.6) is 0 Å². The largest absolute Gasteiger partial charge is 0.0533 e. The number of hydrogen-bond acceptors (Lipinski definition) is 0. The zero-order chi connectivity index (χ0) is 11.5. The molecule has 0 aromatic heterocycles. The highest BCUT2D eigenvalue weighted by Crippen LogP contribution is 2.44. The van der Waals surface area contributed by atoms with Crippen LogP contribution in [0.25, 0.3) is 0 Å². The number of hydrogen-bond donors (Lipinski definition) is 0. The van der Waals surface area contributed by atoms with E-state index in [0.29, 0.717) is 0 Å². The van der Waals surface area contributed by atoms with Crippen LogP contribution in [0.3, 0.4) is 0 Å². The van der Waals surface area contributed by atoms with Gasteiger partial charge in [-0.25, -0.2) is 0 Å². The fourth-order valence-electron chi connectivity index (χ4n) is 5.12. The van der Waals surface area contributed by atoms with Gasteiger partial charge in [-0.15, -0.1) is 0 Å². The minimum atomic E-state index is 1.13. The van der Waals surface area contributed by atoms with Gasteiger partial charge in [0, 0.05) is 0 Å². The highest BCUT2D eigenvalue weighted by molar-refractivity contribution is 4.84. The quantitative estimate of drug-likeness (QED) is 0.586. The van der Waals surface area contributed by atoms with Crippen LogP contribution in [0.1, 0.15) is 83.5 Å². The third-order valence-corrected chi connectivity index (χ3v) is 6.20. The van der Waals surface area contributed by atoms with Crippen LogP contribution < -0.4 is 0 Å². The molecule has 3 rings (SSSR count). The molecule has 0 aliphatic heterocycles. The van der Waals surface area contributed by atoms with Gasteiger partial charge < -0.3 is 0 Å². The number of rotatable bonds is 2. The first-order valence-electron chi connectivity index (χ1n) is 8.43. The molecule has 3 saturated carbocycles. The lowest BCUT2D eigenvalue weighted by molar-refractivity contribution is 0.140. The molecule has 0 bridgehead atoms. The van der Waals surface area contributed by atoms with Crippen LogP contribution in [-0.4, -0.2) is 0 Å². The van der Waals surface area contributed by atoms with Gasteiger partial charge in [-0.05, 0) is 49.4 Å². The summed E-state index contributed by atoms with van der Waals surface area (Å²) in [6.07, 6.45) is 20.3. The van der Waals surface area contributed by atoms with Crippen LogP contribution >= 0.6 is 0 Å². The summed E-state index contributed by atoms with van der Waals surface area (Å²) in [4.78, 5) is 0. The van der Waals surface area contributed by atoms with Gasteiger partial charge in [-0.2, -0.15) is 0 Å². The van der Waals surface area contributed by atoms with Gasteiger partial charge in [0.25, 0.3) is 0 Å². The van der Waals surface area contributed by atoms with Crippen LogP contribution in [0.2, 0.25) is 0 Å². The summed E-state index contributed by atoms with van der Waals surface area (Å²) in [5.74, 6) is 4.54. The second-order valence-electron chi connectivity index (χ2n) is 7.12. The summed E-state index contributed by atoms with van der Waals surface area (Å²) in [7, 11) is 0. The van der Waals surface area contributed by atoms with Gasteiger partial charge in [0.15, 0.2) is 0 Å². The third-order valence-electron chi connectivity index (χ3n) is 6.20. The van der Waals surface area contributed by atoms with Gasteiger partial charge in [-0.1, -0.05) is 57.8 Å². The van der Waals surface area contributed by atoms with Crippen LogP contribution in [0.4, 0.5) is 0 Å². The Balaban J connectivity index is 1.46. The van der Waals surface area contributed by atoms with E-state index in [0.717, 1.165) is 23.7 Å². The summed E-state index contributed by atoms with van der Waals surface area (Å²) in [6, 6.07) is 0. The zero-order valence-electron chi connectivity index (χ0n) is 11.5. The lowest BCUT2D eigenvalue weighted by Crippen LogP contribution is -2.26. The van der Waals surface area contributed by atoms with E-state index in [-0.39, 0.29) is 0 Å². The van der Waals surface area contributed by atoms with E-state index < -0.39 is 0 Å². The first-order valence-corrected chi connectivity index (χ1v) is 8.43. The van der Waals surface area contributed by atoms with Gasteiger partial charge in [-0.3, -0.25) is 0 Å². The highest BCUT2D eigenvalue weighted by Gasteiger charge is 2.32. The Kier molecular flexibility index (Phi) is 4.08. The van der Waals surface area contributed by atoms with Crippen molar-refractivity contribution in [3.63, 3.8) is 0 Å². The molecule has 0 aromatic rings. The minimum Gasteiger partial charge on any atom is -0.0533 e. The molecule has 0 spiro atoms. The molecule has 0 unspecified atom stereocenters. The van der Waals surface area contributed by atoms with E-state index in [1.807, 2.05) is 0 Å². The maximum absolute atomic E-state index is 1.59. The molecule has 0 saturated heterocycles. The fourth-order valence-corrected chi connectivity index (χ4v) is 5.12. The summed E-state index contributed by atoms with van der Waals surface area (Å²) in [5, 5.41) is 0. The first-order chi connectivity index (χ1) is 8.43. The Morgan fingerprint density at radius 1 is 0.294 bits per heavy atom. The van der Waals surface area contributed by atoms with Crippen molar-refractivity contribution in [3.8, 4) is 0 Å². The highest BCUT2D eigenvalue weighted by atomic mass is 14.4. The maximum Gasteiger partial charge on any atom is -0.0386 e. The van der Waals surface area contributed by atoms with Crippen LogP contribution in [0.15, 0.2) is 0 Å². The van der Waals surface area contributed by atoms with Gasteiger partial charge in [0.2, 0.25) is 0 Å². The van der Waals surface area contributed by atoms with E-state index in [2.05, 4.69) is 0 Å². The molecule has 0 heteroatoms. The molecule has 3 aliphatic rings. The van der Waals surface area contributed by atoms with Crippen molar-refractivity contribution in [1.82, 2.24) is 0 Å². The van der Waals surface area contributed by atoms with E-state index in [9.17, 15) is 0 Å². The summed E-state index contributed by atoms with van der Waals surface area (Å²) in [6.45, 7) is 0. The van der Waals surface area contributed by atoms with Gasteiger partial charge >= 0.3 is 0 Å². The summed E-state index contributed by atoms with van der Waals surface area (Å²) >= 11 is 0. The molecule has 17 heavy (non-hydrogen) atoms. The molecule has 0 aromatic carbocycles. The molecule has 0 N–H and O–H groups in total. The van der Waals surface area contributed by atoms with Gasteiger partial charge in [0.1, 0.15) is 0 Å². The second kappa shape index (κ2) is 5.76. The molecule has 98 valence electrons. The van der Waals surface area contributed by atoms with E-state index >= 15 is 0 Å². The minimum absolute atomic E-state index is 1.13. The predicted molar refractivity (Wildman–Crippen MR) is 74.0 cm³/mol. The second-order valence-corrected chi connectivity index (χ2v) is 7.12. The Morgan fingerprint density at radius 2 is 0.588 bits per heavy atom. The Labute approximate surface area is 108 Å². The smallest absolute Gasteiger partial charge is 0.0386 e. The maximum atomic E-state index is 1.59. The van der Waals surface area contributed by atoms with Crippen molar-refractivity contribution >= 4 is 0 Å². The molecule has 0 nitrogen and oxygen atoms in total. The van der Waals surface area contributed by atoms with Crippen molar-refractivity contribution in [1.29, 1.82) is 0 Å². The normalized spacial score (nSPS) is 37.4. The van der Waals surface area contributed by atoms with Crippen molar-refractivity contribution < 1.29 is 0 Å². The first kappa shape index (κ1) is 12.1. The molecule has 0 atom stereocenters. The summed E-state index contributed by atoms with van der Waals surface area (Å²) in [5.41, 5.74) is 0. The van der Waals surface area contributed by atoms with Crippen molar-refractivity contribution in [3.05, 3.63) is 0 Å². The zero-order valence-corrected chi connectivity index (χ0v) is 11.5. The van der Waals surface area contributed by atoms with Crippen LogP contribution in [-0.2, 0) is 0 Å². The molecule has 0 radical (unpaired) electrons. The Morgan fingerprint density at radius 3 is 1.00 bits per heavy atom. The monoisotopic (exact) mass is 234 g/mol. The van der Waals surface area contributed by atoms with Crippen molar-refractivity contribution in [2.24, 2.45) is 23.7 Å². The lowest BCUT2D eigenvalue weighted by Gasteiger charge is -2.37. The Hall–Kier alpha value is 0. The molecular formula is C17H30. The van der Waals surface area contributed by atoms with E-state index in [1.54, 1.807) is 51.4 Å². The third kappa shape index (κ3) is 2.88. The SMILES string of the molecule is C1CCC(C2CCC(C3CCCC3)CC2)CC1. The predicted octanol–water partition coefficient (Wildman–Crippen LogP) is 5.56. The fraction of sp³-hybridized carbons (Fsp3) is 1.00. The lowest BCUT2D eigenvalue weighted by atomic mass is 9.68.